The van der Waals surface area contributed by atoms with Gasteiger partial charge in [-0.2, -0.15) is 0 Å². The summed E-state index contributed by atoms with van der Waals surface area (Å²) in [7, 11) is -1.05. The lowest BCUT2D eigenvalue weighted by atomic mass is 10.2. The molecule has 0 unspecified atom stereocenters. The zero-order valence-corrected chi connectivity index (χ0v) is 10.0. The average molecular weight is 234 g/mol. The van der Waals surface area contributed by atoms with Crippen molar-refractivity contribution in [1.29, 1.82) is 0 Å². The molecule has 0 aromatic rings. The summed E-state index contributed by atoms with van der Waals surface area (Å²) in [6.45, 7) is 3.09. The molecule has 1 heterocycles. The third-order valence-electron chi connectivity index (χ3n) is 2.55. The van der Waals surface area contributed by atoms with Gasteiger partial charge in [0.05, 0.1) is 18.1 Å². The molecule has 1 atom stereocenters. The van der Waals surface area contributed by atoms with Gasteiger partial charge >= 0.3 is 0 Å². The largest absolute Gasteiger partial charge is 0.351 e. The number of carbonyl (C=O) groups is 1. The van der Waals surface area contributed by atoms with Crippen LogP contribution in [-0.2, 0) is 14.6 Å². The molecular weight excluding hydrogens is 216 g/mol. The summed E-state index contributed by atoms with van der Waals surface area (Å²) in [6, 6.07) is -0.187. The molecule has 1 rings (SSSR count). The van der Waals surface area contributed by atoms with Crippen LogP contribution in [0.25, 0.3) is 0 Å². The molecule has 0 saturated carbocycles. The van der Waals surface area contributed by atoms with E-state index in [1.54, 1.807) is 0 Å². The second-order valence-corrected chi connectivity index (χ2v) is 6.23. The van der Waals surface area contributed by atoms with Gasteiger partial charge in [-0.1, -0.05) is 6.92 Å². The van der Waals surface area contributed by atoms with E-state index in [-0.39, 0.29) is 23.5 Å². The van der Waals surface area contributed by atoms with Crippen LogP contribution in [0.1, 0.15) is 13.3 Å². The van der Waals surface area contributed by atoms with Crippen LogP contribution >= 0.6 is 0 Å². The number of hydrogen-bond donors (Lipinski definition) is 1. The fourth-order valence-electron chi connectivity index (χ4n) is 1.54. The van der Waals surface area contributed by atoms with E-state index in [1.807, 2.05) is 18.9 Å². The molecule has 88 valence electrons. The minimum absolute atomic E-state index is 0.0918. The van der Waals surface area contributed by atoms with Crippen LogP contribution in [0, 0.1) is 0 Å². The lowest BCUT2D eigenvalue weighted by molar-refractivity contribution is -0.122. The van der Waals surface area contributed by atoms with Gasteiger partial charge in [0.1, 0.15) is 0 Å². The summed E-state index contributed by atoms with van der Waals surface area (Å²) in [5, 5.41) is 2.74. The van der Waals surface area contributed by atoms with Gasteiger partial charge in [-0.25, -0.2) is 8.42 Å². The summed E-state index contributed by atoms with van der Waals surface area (Å²) < 4.78 is 22.3. The summed E-state index contributed by atoms with van der Waals surface area (Å²) >= 11 is 0. The van der Waals surface area contributed by atoms with Crippen molar-refractivity contribution >= 4 is 15.7 Å². The standard InChI is InChI=1S/C9H18N2O3S/c1-3-11(2)6-9(12)10-8-4-5-15(13,14)7-8/h8H,3-7H2,1-2H3,(H,10,12)/t8-/m1/s1. The highest BCUT2D eigenvalue weighted by molar-refractivity contribution is 7.91. The highest BCUT2D eigenvalue weighted by Crippen LogP contribution is 2.10. The molecule has 6 heteroatoms. The second-order valence-electron chi connectivity index (χ2n) is 4.00. The van der Waals surface area contributed by atoms with Gasteiger partial charge in [0.25, 0.3) is 0 Å². The first-order valence-electron chi connectivity index (χ1n) is 5.11. The van der Waals surface area contributed by atoms with Gasteiger partial charge in [-0.15, -0.1) is 0 Å². The third-order valence-corrected chi connectivity index (χ3v) is 4.32. The molecule has 1 fully saturated rings. The van der Waals surface area contributed by atoms with Crippen LogP contribution in [0.5, 0.6) is 0 Å². The number of carbonyl (C=O) groups excluding carboxylic acids is 1. The van der Waals surface area contributed by atoms with Crippen molar-refractivity contribution in [2.45, 2.75) is 19.4 Å². The minimum atomic E-state index is -2.90. The molecule has 15 heavy (non-hydrogen) atoms. The monoisotopic (exact) mass is 234 g/mol. The van der Waals surface area contributed by atoms with Gasteiger partial charge in [-0.05, 0) is 20.0 Å². The Bertz CT molecular complexity index is 326. The number of rotatable bonds is 4. The Kier molecular flexibility index (Phi) is 4.10. The van der Waals surface area contributed by atoms with Crippen LogP contribution < -0.4 is 5.32 Å². The molecule has 0 aromatic carbocycles. The average Bonchev–Trinajstić information content (AvgIpc) is 2.44. The van der Waals surface area contributed by atoms with Crippen molar-refractivity contribution in [3.8, 4) is 0 Å². The van der Waals surface area contributed by atoms with Crippen molar-refractivity contribution in [3.63, 3.8) is 0 Å². The molecule has 1 aliphatic rings. The van der Waals surface area contributed by atoms with Gasteiger partial charge in [0.15, 0.2) is 9.84 Å². The first-order chi connectivity index (χ1) is 6.93. The van der Waals surface area contributed by atoms with Crippen molar-refractivity contribution in [3.05, 3.63) is 0 Å². The SMILES string of the molecule is CCN(C)CC(=O)N[C@@H]1CCS(=O)(=O)C1. The fourth-order valence-corrected chi connectivity index (χ4v) is 3.21. The maximum atomic E-state index is 11.4. The second kappa shape index (κ2) is 4.94. The molecule has 0 aliphatic carbocycles. The highest BCUT2D eigenvalue weighted by Gasteiger charge is 2.28. The van der Waals surface area contributed by atoms with Gasteiger partial charge in [-0.3, -0.25) is 9.69 Å². The zero-order valence-electron chi connectivity index (χ0n) is 9.19. The van der Waals surface area contributed by atoms with E-state index in [2.05, 4.69) is 5.32 Å². The van der Waals surface area contributed by atoms with Crippen molar-refractivity contribution in [2.75, 3.05) is 31.6 Å². The Morgan fingerprint density at radius 1 is 1.53 bits per heavy atom. The number of nitrogens with zero attached hydrogens (tertiary/aromatic N) is 1. The molecule has 0 aromatic heterocycles. The maximum absolute atomic E-state index is 11.4. The number of nitrogens with one attached hydrogen (secondary N) is 1. The molecule has 0 bridgehead atoms. The zero-order chi connectivity index (χ0) is 11.5. The molecule has 0 radical (unpaired) electrons. The van der Waals surface area contributed by atoms with Crippen molar-refractivity contribution in [1.82, 2.24) is 10.2 Å². The van der Waals surface area contributed by atoms with Crippen LogP contribution in [-0.4, -0.2) is 56.9 Å². The topological polar surface area (TPSA) is 66.5 Å². The number of sulfone groups is 1. The van der Waals surface area contributed by atoms with E-state index in [0.717, 1.165) is 6.54 Å². The predicted octanol–water partition coefficient (Wildman–Crippen LogP) is -0.759. The lowest BCUT2D eigenvalue weighted by Gasteiger charge is -2.16. The number of amides is 1. The third kappa shape index (κ3) is 4.17. The fraction of sp³-hybridized carbons (Fsp3) is 0.889. The number of likely N-dealkylation sites (N-methyl/N-ethyl adjacent to an activating group) is 1. The van der Waals surface area contributed by atoms with Gasteiger partial charge < -0.3 is 5.32 Å². The normalized spacial score (nSPS) is 24.3. The summed E-state index contributed by atoms with van der Waals surface area (Å²) in [5.74, 6) is 0.192. The van der Waals surface area contributed by atoms with E-state index in [0.29, 0.717) is 13.0 Å². The van der Waals surface area contributed by atoms with Crippen molar-refractivity contribution in [2.24, 2.45) is 0 Å². The maximum Gasteiger partial charge on any atom is 0.234 e. The smallest absolute Gasteiger partial charge is 0.234 e. The molecular formula is C9H18N2O3S. The molecule has 1 saturated heterocycles. The lowest BCUT2D eigenvalue weighted by Crippen LogP contribution is -2.41. The summed E-state index contributed by atoms with van der Waals surface area (Å²) in [6.07, 6.45) is 0.546. The molecule has 5 nitrogen and oxygen atoms in total. The van der Waals surface area contributed by atoms with Crippen LogP contribution in [0.3, 0.4) is 0 Å². The Labute approximate surface area is 90.7 Å². The molecule has 1 N–H and O–H groups in total. The van der Waals surface area contributed by atoms with E-state index >= 15 is 0 Å². The number of hydrogen-bond acceptors (Lipinski definition) is 4. The van der Waals surface area contributed by atoms with E-state index in [1.165, 1.54) is 0 Å². The molecule has 0 spiro atoms. The first kappa shape index (κ1) is 12.4. The Morgan fingerprint density at radius 2 is 2.20 bits per heavy atom. The van der Waals surface area contributed by atoms with E-state index in [4.69, 9.17) is 0 Å². The van der Waals surface area contributed by atoms with Crippen molar-refractivity contribution < 1.29 is 13.2 Å². The minimum Gasteiger partial charge on any atom is -0.351 e. The summed E-state index contributed by atoms with van der Waals surface area (Å²) in [5.41, 5.74) is 0. The predicted molar refractivity (Wildman–Crippen MR) is 58.4 cm³/mol. The summed E-state index contributed by atoms with van der Waals surface area (Å²) in [4.78, 5) is 13.3. The van der Waals surface area contributed by atoms with E-state index < -0.39 is 9.84 Å². The molecule has 1 aliphatic heterocycles. The Hall–Kier alpha value is -0.620. The Morgan fingerprint density at radius 3 is 2.67 bits per heavy atom. The Balaban J connectivity index is 2.34. The first-order valence-corrected chi connectivity index (χ1v) is 6.93. The highest BCUT2D eigenvalue weighted by atomic mass is 32.2. The molecule has 1 amide bonds. The van der Waals surface area contributed by atoms with Crippen LogP contribution in [0.15, 0.2) is 0 Å². The van der Waals surface area contributed by atoms with Gasteiger partial charge in [0.2, 0.25) is 5.91 Å². The van der Waals surface area contributed by atoms with E-state index in [9.17, 15) is 13.2 Å². The van der Waals surface area contributed by atoms with Crippen LogP contribution in [0.2, 0.25) is 0 Å². The van der Waals surface area contributed by atoms with Gasteiger partial charge in [0, 0.05) is 6.04 Å². The van der Waals surface area contributed by atoms with Crippen LogP contribution in [0.4, 0.5) is 0 Å². The quantitative estimate of drug-likeness (QED) is 0.694.